The van der Waals surface area contributed by atoms with Crippen LogP contribution in [0.15, 0.2) is 24.3 Å². The third kappa shape index (κ3) is 3.10. The summed E-state index contributed by atoms with van der Waals surface area (Å²) in [7, 11) is 0. The van der Waals surface area contributed by atoms with Gasteiger partial charge in [0.1, 0.15) is 12.4 Å². The molecule has 0 aromatic heterocycles. The summed E-state index contributed by atoms with van der Waals surface area (Å²) in [5.41, 5.74) is 1.30. The molecule has 0 spiro atoms. The molecule has 1 heterocycles. The topological polar surface area (TPSA) is 24.5 Å². The van der Waals surface area contributed by atoms with Gasteiger partial charge in [0.15, 0.2) is 0 Å². The van der Waals surface area contributed by atoms with Crippen LogP contribution in [-0.4, -0.2) is 37.2 Å². The maximum atomic E-state index is 5.95. The number of para-hydroxylation sites is 1. The lowest BCUT2D eigenvalue weighted by molar-refractivity contribution is 0.0939. The first-order valence-corrected chi connectivity index (χ1v) is 7.50. The van der Waals surface area contributed by atoms with Crippen LogP contribution in [-0.2, 0) is 0 Å². The number of nitrogens with one attached hydrogen (secondary N) is 1. The smallest absolute Gasteiger partial charge is 0.124 e. The van der Waals surface area contributed by atoms with Crippen LogP contribution in [0.1, 0.15) is 38.8 Å². The fourth-order valence-corrected chi connectivity index (χ4v) is 2.90. The molecule has 3 heteroatoms. The Morgan fingerprint density at radius 2 is 1.95 bits per heavy atom. The minimum atomic E-state index is 0.379. The van der Waals surface area contributed by atoms with Gasteiger partial charge < -0.3 is 10.1 Å². The summed E-state index contributed by atoms with van der Waals surface area (Å²) in [5.74, 6) is 1.04. The summed E-state index contributed by atoms with van der Waals surface area (Å²) in [6, 6.07) is 9.23. The number of hydrogen-bond donors (Lipinski definition) is 1. The molecule has 1 aliphatic heterocycles. The Kier molecular flexibility index (Phi) is 5.23. The summed E-state index contributed by atoms with van der Waals surface area (Å²) < 4.78 is 5.95. The molecule has 2 rings (SSSR count). The molecular weight excluding hydrogens is 236 g/mol. The van der Waals surface area contributed by atoms with E-state index in [1.54, 1.807) is 0 Å². The largest absolute Gasteiger partial charge is 0.492 e. The molecule has 0 bridgehead atoms. The van der Waals surface area contributed by atoms with Crippen LogP contribution in [0.3, 0.4) is 0 Å². The Hall–Kier alpha value is -1.06. The predicted octanol–water partition coefficient (Wildman–Crippen LogP) is 2.83. The summed E-state index contributed by atoms with van der Waals surface area (Å²) >= 11 is 0. The van der Waals surface area contributed by atoms with Crippen molar-refractivity contribution in [2.75, 3.05) is 26.2 Å². The van der Waals surface area contributed by atoms with Crippen LogP contribution in [0.2, 0.25) is 0 Å². The summed E-state index contributed by atoms with van der Waals surface area (Å²) in [5, 5.41) is 3.70. The number of ether oxygens (including phenoxy) is 1. The summed E-state index contributed by atoms with van der Waals surface area (Å²) in [6.07, 6.45) is 1.16. The zero-order chi connectivity index (χ0) is 13.7. The van der Waals surface area contributed by atoms with Gasteiger partial charge in [-0.15, -0.1) is 0 Å². The highest BCUT2D eigenvalue weighted by molar-refractivity contribution is 5.38. The van der Waals surface area contributed by atoms with Crippen molar-refractivity contribution >= 4 is 0 Å². The molecule has 0 aliphatic carbocycles. The summed E-state index contributed by atoms with van der Waals surface area (Å²) in [6.45, 7) is 10.6. The van der Waals surface area contributed by atoms with Gasteiger partial charge >= 0.3 is 0 Å². The average Bonchev–Trinajstić information content (AvgIpc) is 2.47. The molecule has 2 atom stereocenters. The normalized spacial score (nSPS) is 22.1. The molecule has 2 unspecified atom stereocenters. The minimum absolute atomic E-state index is 0.379. The molecule has 1 aromatic rings. The molecule has 0 amide bonds. The van der Waals surface area contributed by atoms with Crippen LogP contribution in [0.5, 0.6) is 5.75 Å². The maximum absolute atomic E-state index is 5.95. The van der Waals surface area contributed by atoms with E-state index in [9.17, 15) is 0 Å². The zero-order valence-corrected chi connectivity index (χ0v) is 12.4. The SMILES string of the molecule is CCCNC1c2ccccc2OCC1N(CC)CC. The van der Waals surface area contributed by atoms with E-state index < -0.39 is 0 Å². The van der Waals surface area contributed by atoms with Crippen LogP contribution in [0.25, 0.3) is 0 Å². The fraction of sp³-hybridized carbons (Fsp3) is 0.625. The number of nitrogens with zero attached hydrogens (tertiary/aromatic N) is 1. The van der Waals surface area contributed by atoms with E-state index in [4.69, 9.17) is 4.74 Å². The maximum Gasteiger partial charge on any atom is 0.124 e. The van der Waals surface area contributed by atoms with E-state index >= 15 is 0 Å². The number of hydrogen-bond acceptors (Lipinski definition) is 3. The highest BCUT2D eigenvalue weighted by Crippen LogP contribution is 2.34. The van der Waals surface area contributed by atoms with Crippen LogP contribution >= 0.6 is 0 Å². The molecular formula is C16H26N2O. The van der Waals surface area contributed by atoms with Crippen molar-refractivity contribution in [2.45, 2.75) is 39.3 Å². The third-order valence-electron chi connectivity index (χ3n) is 3.94. The Morgan fingerprint density at radius 3 is 2.63 bits per heavy atom. The van der Waals surface area contributed by atoms with Crippen LogP contribution < -0.4 is 10.1 Å². The minimum Gasteiger partial charge on any atom is -0.492 e. The second-order valence-electron chi connectivity index (χ2n) is 5.07. The number of benzene rings is 1. The van der Waals surface area contributed by atoms with E-state index in [0.717, 1.165) is 38.4 Å². The quantitative estimate of drug-likeness (QED) is 0.853. The van der Waals surface area contributed by atoms with Gasteiger partial charge in [0.05, 0.1) is 12.1 Å². The Balaban J connectivity index is 2.25. The monoisotopic (exact) mass is 262 g/mol. The molecule has 19 heavy (non-hydrogen) atoms. The van der Waals surface area contributed by atoms with Gasteiger partial charge in [-0.2, -0.15) is 0 Å². The van der Waals surface area contributed by atoms with Gasteiger partial charge in [-0.05, 0) is 32.1 Å². The fourth-order valence-electron chi connectivity index (χ4n) is 2.90. The van der Waals surface area contributed by atoms with Crippen molar-refractivity contribution in [3.05, 3.63) is 29.8 Å². The first-order valence-electron chi connectivity index (χ1n) is 7.50. The highest BCUT2D eigenvalue weighted by atomic mass is 16.5. The second kappa shape index (κ2) is 6.92. The molecule has 3 nitrogen and oxygen atoms in total. The van der Waals surface area contributed by atoms with Gasteiger partial charge in [0.25, 0.3) is 0 Å². The molecule has 1 aliphatic rings. The first kappa shape index (κ1) is 14.4. The lowest BCUT2D eigenvalue weighted by Crippen LogP contribution is -2.50. The molecule has 0 fully saturated rings. The van der Waals surface area contributed by atoms with E-state index in [1.807, 2.05) is 6.07 Å². The summed E-state index contributed by atoms with van der Waals surface area (Å²) in [4.78, 5) is 2.49. The van der Waals surface area contributed by atoms with E-state index in [1.165, 1.54) is 5.56 Å². The van der Waals surface area contributed by atoms with Crippen molar-refractivity contribution in [3.63, 3.8) is 0 Å². The van der Waals surface area contributed by atoms with E-state index in [0.29, 0.717) is 12.1 Å². The predicted molar refractivity (Wildman–Crippen MR) is 79.7 cm³/mol. The number of likely N-dealkylation sites (N-methyl/N-ethyl adjacent to an activating group) is 1. The van der Waals surface area contributed by atoms with Gasteiger partial charge in [-0.3, -0.25) is 4.90 Å². The molecule has 0 radical (unpaired) electrons. The molecule has 106 valence electrons. The first-order chi connectivity index (χ1) is 9.31. The van der Waals surface area contributed by atoms with Gasteiger partial charge in [0, 0.05) is 5.56 Å². The molecule has 0 saturated heterocycles. The van der Waals surface area contributed by atoms with Crippen molar-refractivity contribution < 1.29 is 4.74 Å². The molecule has 1 aromatic carbocycles. The van der Waals surface area contributed by atoms with E-state index in [2.05, 4.69) is 49.2 Å². The van der Waals surface area contributed by atoms with Gasteiger partial charge in [-0.1, -0.05) is 39.0 Å². The average molecular weight is 262 g/mol. The van der Waals surface area contributed by atoms with Crippen molar-refractivity contribution in [2.24, 2.45) is 0 Å². The zero-order valence-electron chi connectivity index (χ0n) is 12.4. The Labute approximate surface area is 116 Å². The standard InChI is InChI=1S/C16H26N2O/c1-4-11-17-16-13-9-7-8-10-15(13)19-12-14(16)18(5-2)6-3/h7-10,14,16-17H,4-6,11-12H2,1-3H3. The van der Waals surface area contributed by atoms with Crippen molar-refractivity contribution in [1.29, 1.82) is 0 Å². The molecule has 1 N–H and O–H groups in total. The molecule has 0 saturated carbocycles. The Morgan fingerprint density at radius 1 is 1.21 bits per heavy atom. The van der Waals surface area contributed by atoms with Gasteiger partial charge in [-0.25, -0.2) is 0 Å². The highest BCUT2D eigenvalue weighted by Gasteiger charge is 2.33. The van der Waals surface area contributed by atoms with E-state index in [-0.39, 0.29) is 0 Å². The van der Waals surface area contributed by atoms with Crippen molar-refractivity contribution in [1.82, 2.24) is 10.2 Å². The second-order valence-corrected chi connectivity index (χ2v) is 5.07. The van der Waals surface area contributed by atoms with Gasteiger partial charge in [0.2, 0.25) is 0 Å². The lowest BCUT2D eigenvalue weighted by atomic mass is 9.95. The van der Waals surface area contributed by atoms with Crippen LogP contribution in [0, 0.1) is 0 Å². The number of fused-ring (bicyclic) bond motifs is 1. The van der Waals surface area contributed by atoms with Crippen LogP contribution in [0.4, 0.5) is 0 Å². The third-order valence-corrected chi connectivity index (χ3v) is 3.94. The Bertz CT molecular complexity index is 390. The van der Waals surface area contributed by atoms with Crippen molar-refractivity contribution in [3.8, 4) is 5.75 Å². The number of rotatable bonds is 6. The lowest BCUT2D eigenvalue weighted by Gasteiger charge is -2.40.